The molecule has 3 amide bonds. The first kappa shape index (κ1) is 20.8. The van der Waals surface area contributed by atoms with E-state index in [4.69, 9.17) is 16.3 Å². The number of aliphatic carboxylic acids is 1. The Bertz CT molecular complexity index is 648. The van der Waals surface area contributed by atoms with Crippen LogP contribution in [0, 0.1) is 0 Å². The third kappa shape index (κ3) is 6.02. The second-order valence-corrected chi connectivity index (χ2v) is 6.72. The molecule has 1 aliphatic heterocycles. The second-order valence-electron chi connectivity index (χ2n) is 6.34. The lowest BCUT2D eigenvalue weighted by molar-refractivity contribution is -0.146. The van der Waals surface area contributed by atoms with E-state index in [9.17, 15) is 19.5 Å². The minimum atomic E-state index is -1.40. The zero-order chi connectivity index (χ0) is 19.7. The third-order valence-corrected chi connectivity index (χ3v) is 4.71. The van der Waals surface area contributed by atoms with Gasteiger partial charge in [-0.3, -0.25) is 0 Å². The Labute approximate surface area is 162 Å². The number of carboxylic acids is 1. The summed E-state index contributed by atoms with van der Waals surface area (Å²) in [7, 11) is 0. The highest BCUT2D eigenvalue weighted by atomic mass is 35.5. The number of rotatable bonds is 7. The van der Waals surface area contributed by atoms with Crippen LogP contribution in [-0.2, 0) is 16.1 Å². The molecule has 0 aromatic heterocycles. The van der Waals surface area contributed by atoms with Crippen molar-refractivity contribution >= 4 is 29.7 Å². The van der Waals surface area contributed by atoms with E-state index in [0.717, 1.165) is 5.56 Å². The van der Waals surface area contributed by atoms with E-state index in [1.165, 1.54) is 4.90 Å². The maximum atomic E-state index is 12.2. The van der Waals surface area contributed by atoms with E-state index in [2.05, 4.69) is 10.6 Å². The van der Waals surface area contributed by atoms with Crippen molar-refractivity contribution < 1.29 is 24.2 Å². The first-order valence-electron chi connectivity index (χ1n) is 8.78. The quantitative estimate of drug-likeness (QED) is 0.482. The highest BCUT2D eigenvalue weighted by molar-refractivity contribution is 6.17. The number of alkyl halides is 1. The van der Waals surface area contributed by atoms with Crippen LogP contribution >= 0.6 is 11.6 Å². The normalized spacial score (nSPS) is 15.7. The van der Waals surface area contributed by atoms with Crippen LogP contribution in [0.4, 0.5) is 9.59 Å². The number of ether oxygens (including phenoxy) is 1. The number of carbonyl (C=O) groups excluding carboxylic acids is 2. The van der Waals surface area contributed by atoms with Crippen LogP contribution in [0.2, 0.25) is 0 Å². The first-order chi connectivity index (χ1) is 13.0. The highest BCUT2D eigenvalue weighted by Crippen LogP contribution is 2.23. The molecule has 0 aliphatic carbocycles. The van der Waals surface area contributed by atoms with Gasteiger partial charge in [-0.25, -0.2) is 14.4 Å². The Kier molecular flexibility index (Phi) is 7.72. The van der Waals surface area contributed by atoms with E-state index in [1.54, 1.807) is 0 Å². The summed E-state index contributed by atoms with van der Waals surface area (Å²) in [6.07, 6.45) is 0.303. The molecule has 1 fully saturated rings. The molecule has 9 heteroatoms. The summed E-state index contributed by atoms with van der Waals surface area (Å²) in [5.74, 6) is -0.711. The Hall–Kier alpha value is -2.48. The number of halogens is 1. The minimum Gasteiger partial charge on any atom is -0.480 e. The maximum absolute atomic E-state index is 12.2. The Balaban J connectivity index is 1.85. The van der Waals surface area contributed by atoms with Crippen molar-refractivity contribution in [2.75, 3.05) is 25.5 Å². The zero-order valence-corrected chi connectivity index (χ0v) is 15.7. The molecule has 0 atom stereocenters. The molecule has 2 rings (SSSR count). The van der Waals surface area contributed by atoms with E-state index in [1.807, 2.05) is 30.3 Å². The van der Waals surface area contributed by atoms with Gasteiger partial charge < -0.3 is 25.4 Å². The molecular weight excluding hydrogens is 374 g/mol. The lowest BCUT2D eigenvalue weighted by Gasteiger charge is -2.38. The predicted molar refractivity (Wildman–Crippen MR) is 99.7 cm³/mol. The van der Waals surface area contributed by atoms with Gasteiger partial charge in [0.25, 0.3) is 0 Å². The van der Waals surface area contributed by atoms with Gasteiger partial charge in [0.05, 0.1) is 0 Å². The summed E-state index contributed by atoms with van der Waals surface area (Å²) in [5, 5.41) is 14.7. The fourth-order valence-electron chi connectivity index (χ4n) is 2.80. The van der Waals surface area contributed by atoms with Crippen LogP contribution in [0.3, 0.4) is 0 Å². The average Bonchev–Trinajstić information content (AvgIpc) is 2.67. The van der Waals surface area contributed by atoms with Crippen LogP contribution in [0.5, 0.6) is 0 Å². The Morgan fingerprint density at radius 1 is 1.19 bits per heavy atom. The molecule has 8 nitrogen and oxygen atoms in total. The van der Waals surface area contributed by atoms with Crippen molar-refractivity contribution in [2.24, 2.45) is 0 Å². The average molecular weight is 398 g/mol. The van der Waals surface area contributed by atoms with Gasteiger partial charge in [-0.2, -0.15) is 0 Å². The summed E-state index contributed by atoms with van der Waals surface area (Å²) in [6, 6.07) is 8.74. The molecule has 0 unspecified atom stereocenters. The monoisotopic (exact) mass is 397 g/mol. The van der Waals surface area contributed by atoms with Crippen LogP contribution < -0.4 is 10.6 Å². The van der Waals surface area contributed by atoms with Crippen LogP contribution in [0.15, 0.2) is 30.3 Å². The van der Waals surface area contributed by atoms with Gasteiger partial charge in [-0.1, -0.05) is 30.3 Å². The van der Waals surface area contributed by atoms with Gasteiger partial charge >= 0.3 is 18.1 Å². The number of benzene rings is 1. The van der Waals surface area contributed by atoms with Crippen molar-refractivity contribution in [1.82, 2.24) is 15.5 Å². The Morgan fingerprint density at radius 2 is 1.85 bits per heavy atom. The number of nitrogens with zero attached hydrogens (tertiary/aromatic N) is 1. The number of likely N-dealkylation sites (tertiary alicyclic amines) is 1. The maximum Gasteiger partial charge on any atom is 0.410 e. The second kappa shape index (κ2) is 10.0. The molecule has 3 N–H and O–H groups in total. The SMILES string of the molecule is O=C(NCCCCl)NC1(C(=O)O)CCN(C(=O)OCc2ccccc2)CC1. The number of carboxylic acid groups (broad SMARTS) is 1. The molecule has 0 bridgehead atoms. The summed E-state index contributed by atoms with van der Waals surface area (Å²) >= 11 is 5.55. The molecule has 1 aromatic rings. The van der Waals surface area contributed by atoms with Crippen molar-refractivity contribution in [3.05, 3.63) is 35.9 Å². The molecule has 1 aliphatic rings. The van der Waals surface area contributed by atoms with Crippen molar-refractivity contribution in [2.45, 2.75) is 31.4 Å². The fourth-order valence-corrected chi connectivity index (χ4v) is 2.94. The smallest absolute Gasteiger partial charge is 0.410 e. The van der Waals surface area contributed by atoms with Gasteiger partial charge in [-0.05, 0) is 24.8 Å². The highest BCUT2D eigenvalue weighted by Gasteiger charge is 2.44. The lowest BCUT2D eigenvalue weighted by atomic mass is 9.87. The summed E-state index contributed by atoms with van der Waals surface area (Å²) in [5.41, 5.74) is -0.528. The summed E-state index contributed by atoms with van der Waals surface area (Å²) in [6.45, 7) is 0.883. The van der Waals surface area contributed by atoms with Gasteiger partial charge in [0.1, 0.15) is 12.1 Å². The van der Waals surface area contributed by atoms with Gasteiger partial charge in [0, 0.05) is 25.5 Å². The van der Waals surface area contributed by atoms with Crippen molar-refractivity contribution in [3.8, 4) is 0 Å². The number of urea groups is 1. The molecule has 148 valence electrons. The molecule has 0 spiro atoms. The van der Waals surface area contributed by atoms with Crippen LogP contribution in [-0.4, -0.2) is 59.2 Å². The number of hydrogen-bond donors (Lipinski definition) is 3. The predicted octanol–water partition coefficient (Wildman–Crippen LogP) is 2.17. The van der Waals surface area contributed by atoms with Crippen LogP contribution in [0.1, 0.15) is 24.8 Å². The number of nitrogens with one attached hydrogen (secondary N) is 2. The lowest BCUT2D eigenvalue weighted by Crippen LogP contribution is -2.62. The van der Waals surface area contributed by atoms with E-state index in [-0.39, 0.29) is 32.5 Å². The molecular formula is C18H24ClN3O5. The molecule has 0 saturated carbocycles. The number of carbonyl (C=O) groups is 3. The minimum absolute atomic E-state index is 0.103. The number of hydrogen-bond acceptors (Lipinski definition) is 4. The van der Waals surface area contributed by atoms with Crippen LogP contribution in [0.25, 0.3) is 0 Å². The van der Waals surface area contributed by atoms with Gasteiger partial charge in [-0.15, -0.1) is 11.6 Å². The number of amides is 3. The summed E-state index contributed by atoms with van der Waals surface area (Å²) < 4.78 is 5.27. The van der Waals surface area contributed by atoms with Crippen molar-refractivity contribution in [3.63, 3.8) is 0 Å². The third-order valence-electron chi connectivity index (χ3n) is 4.44. The first-order valence-corrected chi connectivity index (χ1v) is 9.31. The largest absolute Gasteiger partial charge is 0.480 e. The molecule has 27 heavy (non-hydrogen) atoms. The number of piperidine rings is 1. The van der Waals surface area contributed by atoms with Gasteiger partial charge in [0.15, 0.2) is 0 Å². The molecule has 1 aromatic carbocycles. The standard InChI is InChI=1S/C18H24ClN3O5/c19-9-4-10-20-16(25)21-18(15(23)24)7-11-22(12-8-18)17(26)27-13-14-5-2-1-3-6-14/h1-3,5-6H,4,7-13H2,(H,23,24)(H2,20,21,25). The molecule has 1 saturated heterocycles. The molecule has 0 radical (unpaired) electrons. The summed E-state index contributed by atoms with van der Waals surface area (Å²) in [4.78, 5) is 37.3. The topological polar surface area (TPSA) is 108 Å². The van der Waals surface area contributed by atoms with E-state index < -0.39 is 23.6 Å². The van der Waals surface area contributed by atoms with Gasteiger partial charge in [0.2, 0.25) is 0 Å². The van der Waals surface area contributed by atoms with Crippen molar-refractivity contribution in [1.29, 1.82) is 0 Å². The van der Waals surface area contributed by atoms with E-state index >= 15 is 0 Å². The zero-order valence-electron chi connectivity index (χ0n) is 14.9. The van der Waals surface area contributed by atoms with E-state index in [0.29, 0.717) is 18.8 Å². The molecule has 1 heterocycles. The fraction of sp³-hybridized carbons (Fsp3) is 0.500. The Morgan fingerprint density at radius 3 is 2.44 bits per heavy atom.